The van der Waals surface area contributed by atoms with Crippen LogP contribution in [0.5, 0.6) is 0 Å². The summed E-state index contributed by atoms with van der Waals surface area (Å²) >= 11 is 6.01. The lowest BCUT2D eigenvalue weighted by Gasteiger charge is -2.45. The van der Waals surface area contributed by atoms with Gasteiger partial charge in [0.25, 0.3) is 0 Å². The summed E-state index contributed by atoms with van der Waals surface area (Å²) in [6.45, 7) is 8.76. The maximum atomic E-state index is 14.3. The lowest BCUT2D eigenvalue weighted by atomic mass is 9.98. The summed E-state index contributed by atoms with van der Waals surface area (Å²) < 4.78 is 70.0. The normalized spacial score (nSPS) is 23.8. The van der Waals surface area contributed by atoms with Crippen molar-refractivity contribution in [3.8, 4) is 0 Å². The molecule has 41 heavy (non-hydrogen) atoms. The van der Waals surface area contributed by atoms with Crippen molar-refractivity contribution in [2.24, 2.45) is 0 Å². The molecule has 224 valence electrons. The molecule has 0 spiro atoms. The van der Waals surface area contributed by atoms with Crippen LogP contribution in [0.4, 0.5) is 13.6 Å². The maximum Gasteiger partial charge on any atom is 0.410 e. The van der Waals surface area contributed by atoms with Gasteiger partial charge in [0, 0.05) is 42.8 Å². The number of piperazine rings is 1. The van der Waals surface area contributed by atoms with E-state index in [1.807, 2.05) is 0 Å². The van der Waals surface area contributed by atoms with Crippen molar-refractivity contribution in [3.63, 3.8) is 0 Å². The molecule has 2 heterocycles. The minimum atomic E-state index is -4.24. The van der Waals surface area contributed by atoms with Crippen molar-refractivity contribution < 1.29 is 31.5 Å². The average molecular weight is 612 g/mol. The van der Waals surface area contributed by atoms with Crippen molar-refractivity contribution in [2.75, 3.05) is 39.4 Å². The van der Waals surface area contributed by atoms with E-state index in [1.165, 1.54) is 28.6 Å². The van der Waals surface area contributed by atoms with Crippen LogP contribution in [0.25, 0.3) is 0 Å². The molecule has 1 aliphatic carbocycles. The predicted octanol–water partition coefficient (Wildman–Crippen LogP) is 5.22. The molecule has 2 aliphatic heterocycles. The molecule has 2 saturated heterocycles. The highest BCUT2D eigenvalue weighted by atomic mass is 35.5. The Labute approximate surface area is 245 Å². The lowest BCUT2D eigenvalue weighted by Crippen LogP contribution is -2.59. The van der Waals surface area contributed by atoms with Gasteiger partial charge in [-0.3, -0.25) is 4.90 Å². The van der Waals surface area contributed by atoms with Crippen molar-refractivity contribution >= 4 is 27.7 Å². The molecule has 2 atom stereocenters. The molecule has 3 fully saturated rings. The van der Waals surface area contributed by atoms with E-state index in [1.54, 1.807) is 4.90 Å². The number of hydrogen-bond donors (Lipinski definition) is 0. The topological polar surface area (TPSA) is 79.4 Å². The number of carbonyl (C=O) groups is 1. The highest BCUT2D eigenvalue weighted by Crippen LogP contribution is 2.50. The van der Waals surface area contributed by atoms with E-state index in [2.05, 4.69) is 25.7 Å². The van der Waals surface area contributed by atoms with Gasteiger partial charge in [-0.05, 0) is 75.1 Å². The summed E-state index contributed by atoms with van der Waals surface area (Å²) in [6.07, 6.45) is 1.36. The van der Waals surface area contributed by atoms with Gasteiger partial charge in [0.2, 0.25) is 10.0 Å². The molecule has 0 bridgehead atoms. The zero-order chi connectivity index (χ0) is 29.6. The number of halogens is 3. The van der Waals surface area contributed by atoms with Crippen LogP contribution < -0.4 is 0 Å². The van der Waals surface area contributed by atoms with Gasteiger partial charge in [0.15, 0.2) is 0 Å². The van der Waals surface area contributed by atoms with Crippen LogP contribution in [-0.2, 0) is 19.5 Å². The predicted molar refractivity (Wildman–Crippen MR) is 150 cm³/mol. The number of benzene rings is 2. The van der Waals surface area contributed by atoms with E-state index in [-0.39, 0.29) is 29.2 Å². The van der Waals surface area contributed by atoms with Gasteiger partial charge >= 0.3 is 6.09 Å². The Morgan fingerprint density at radius 1 is 1.05 bits per heavy atom. The number of amides is 1. The third-order valence-corrected chi connectivity index (χ3v) is 10.9. The molecule has 2 aromatic carbocycles. The zero-order valence-electron chi connectivity index (χ0n) is 23.5. The Bertz CT molecular complexity index is 1360. The van der Waals surface area contributed by atoms with Crippen LogP contribution in [0.3, 0.4) is 0 Å². The fraction of sp³-hybridized carbons (Fsp3) is 0.552. The molecule has 0 radical (unpaired) electrons. The fourth-order valence-corrected chi connectivity index (χ4v) is 7.65. The van der Waals surface area contributed by atoms with Gasteiger partial charge < -0.3 is 14.4 Å². The summed E-state index contributed by atoms with van der Waals surface area (Å²) in [4.78, 5) is 17.4. The first kappa shape index (κ1) is 30.2. The summed E-state index contributed by atoms with van der Waals surface area (Å²) in [5, 5.41) is 0.362. The first-order chi connectivity index (χ1) is 19.4. The standard InChI is InChI=1S/C29H36ClF2N3O5S/c1-4-28(2,3)34-13-11-33(12-14-34)27(36)40-29(9-10-29)26-19-39-18-25(20-15-22(31)17-23(32)16-20)35(26)41(37,38)24-7-5-21(30)6-8-24/h5-8,15-17,25-26H,4,9-14,18-19H2,1-3H3/t25-,26+/m0/s1. The molecular weight excluding hydrogens is 576 g/mol. The second kappa shape index (κ2) is 11.4. The number of morpholine rings is 1. The van der Waals surface area contributed by atoms with Gasteiger partial charge in [-0.15, -0.1) is 0 Å². The monoisotopic (exact) mass is 611 g/mol. The summed E-state index contributed by atoms with van der Waals surface area (Å²) in [5.74, 6) is -1.66. The van der Waals surface area contributed by atoms with E-state index in [0.717, 1.165) is 24.6 Å². The second-order valence-corrected chi connectivity index (χ2v) is 13.9. The smallest absolute Gasteiger partial charge is 0.410 e. The molecule has 0 N–H and O–H groups in total. The Morgan fingerprint density at radius 3 is 2.22 bits per heavy atom. The summed E-state index contributed by atoms with van der Waals surface area (Å²) in [6, 6.07) is 6.69. The van der Waals surface area contributed by atoms with Gasteiger partial charge in [-0.25, -0.2) is 22.0 Å². The number of rotatable bonds is 7. The van der Waals surface area contributed by atoms with Gasteiger partial charge in [0.05, 0.1) is 30.2 Å². The lowest BCUT2D eigenvalue weighted by molar-refractivity contribution is -0.0746. The van der Waals surface area contributed by atoms with Crippen LogP contribution in [-0.4, -0.2) is 85.2 Å². The van der Waals surface area contributed by atoms with Crippen LogP contribution >= 0.6 is 11.6 Å². The van der Waals surface area contributed by atoms with Crippen molar-refractivity contribution in [3.05, 3.63) is 64.7 Å². The highest BCUT2D eigenvalue weighted by Gasteiger charge is 2.61. The van der Waals surface area contributed by atoms with Crippen molar-refractivity contribution in [2.45, 2.75) is 68.2 Å². The first-order valence-corrected chi connectivity index (χ1v) is 15.7. The quantitative estimate of drug-likeness (QED) is 0.427. The number of hydrogen-bond acceptors (Lipinski definition) is 6. The molecule has 1 saturated carbocycles. The SMILES string of the molecule is CCC(C)(C)N1CCN(C(=O)OC2([C@H]3COC[C@@H](c4cc(F)cc(F)c4)N3S(=O)(=O)c3ccc(Cl)cc3)CC2)CC1. The highest BCUT2D eigenvalue weighted by molar-refractivity contribution is 7.89. The van der Waals surface area contributed by atoms with E-state index in [4.69, 9.17) is 21.1 Å². The second-order valence-electron chi connectivity index (χ2n) is 11.6. The van der Waals surface area contributed by atoms with Crippen LogP contribution in [0.15, 0.2) is 47.4 Å². The molecule has 3 aliphatic rings. The van der Waals surface area contributed by atoms with Gasteiger partial charge in [-0.1, -0.05) is 18.5 Å². The number of ether oxygens (including phenoxy) is 2. The largest absolute Gasteiger partial charge is 0.441 e. The number of carbonyl (C=O) groups excluding carboxylic acids is 1. The maximum absolute atomic E-state index is 14.3. The van der Waals surface area contributed by atoms with Crippen LogP contribution in [0, 0.1) is 11.6 Å². The molecule has 5 rings (SSSR count). The third-order valence-electron chi connectivity index (χ3n) is 8.72. The van der Waals surface area contributed by atoms with E-state index < -0.39 is 45.4 Å². The minimum Gasteiger partial charge on any atom is -0.441 e. The molecule has 0 aromatic heterocycles. The molecule has 12 heteroatoms. The average Bonchev–Trinajstić information content (AvgIpc) is 3.72. The molecular formula is C29H36ClF2N3O5S. The van der Waals surface area contributed by atoms with Gasteiger partial charge in [0.1, 0.15) is 17.2 Å². The number of sulfonamides is 1. The molecule has 2 aromatic rings. The molecule has 0 unspecified atom stereocenters. The molecule has 8 nitrogen and oxygen atoms in total. The summed E-state index contributed by atoms with van der Waals surface area (Å²) in [5.41, 5.74) is -0.989. The van der Waals surface area contributed by atoms with E-state index in [0.29, 0.717) is 44.0 Å². The van der Waals surface area contributed by atoms with Gasteiger partial charge in [-0.2, -0.15) is 4.31 Å². The third kappa shape index (κ3) is 6.10. The Hall–Kier alpha value is -2.31. The van der Waals surface area contributed by atoms with E-state index in [9.17, 15) is 22.0 Å². The van der Waals surface area contributed by atoms with Crippen LogP contribution in [0.1, 0.15) is 51.6 Å². The van der Waals surface area contributed by atoms with Crippen LogP contribution in [0.2, 0.25) is 5.02 Å². The molecule has 1 amide bonds. The Balaban J connectivity index is 1.44. The minimum absolute atomic E-state index is 0.0229. The van der Waals surface area contributed by atoms with Crippen molar-refractivity contribution in [1.29, 1.82) is 0 Å². The Morgan fingerprint density at radius 2 is 1.66 bits per heavy atom. The summed E-state index contributed by atoms with van der Waals surface area (Å²) in [7, 11) is -4.24. The Kier molecular flexibility index (Phi) is 8.39. The zero-order valence-corrected chi connectivity index (χ0v) is 25.1. The number of nitrogens with zero attached hydrogens (tertiary/aromatic N) is 3. The fourth-order valence-electron chi connectivity index (χ4n) is 5.70. The van der Waals surface area contributed by atoms with Crippen molar-refractivity contribution in [1.82, 2.24) is 14.1 Å². The first-order valence-electron chi connectivity index (χ1n) is 13.9. The van der Waals surface area contributed by atoms with E-state index >= 15 is 0 Å².